The molecule has 2 rings (SSSR count). The van der Waals surface area contributed by atoms with Crippen LogP contribution in [0.3, 0.4) is 0 Å². The Balaban J connectivity index is 2.16. The standard InChI is InChI=1S/C12H25N3O3S/c1-12(2)10-18-7-6-15(12)19(16,17)14-5-3-4-11(8-13)9-14/h11H,3-10,13H2,1-2H3. The summed E-state index contributed by atoms with van der Waals surface area (Å²) in [4.78, 5) is 0. The van der Waals surface area contributed by atoms with Crippen molar-refractivity contribution < 1.29 is 13.2 Å². The highest BCUT2D eigenvalue weighted by Crippen LogP contribution is 2.27. The Morgan fingerprint density at radius 3 is 2.74 bits per heavy atom. The van der Waals surface area contributed by atoms with Gasteiger partial charge in [0.1, 0.15) is 0 Å². The first-order valence-corrected chi connectivity index (χ1v) is 8.33. The van der Waals surface area contributed by atoms with Crippen molar-refractivity contribution in [2.75, 3.05) is 39.4 Å². The predicted octanol–water partition coefficient (Wildman–Crippen LogP) is 0.0127. The van der Waals surface area contributed by atoms with Crippen LogP contribution in [0.1, 0.15) is 26.7 Å². The Kier molecular flexibility index (Phi) is 4.52. The number of morpholine rings is 1. The molecule has 2 fully saturated rings. The van der Waals surface area contributed by atoms with E-state index in [2.05, 4.69) is 0 Å². The molecule has 0 aromatic carbocycles. The zero-order chi connectivity index (χ0) is 14.1. The fourth-order valence-electron chi connectivity index (χ4n) is 2.84. The van der Waals surface area contributed by atoms with Gasteiger partial charge in [0.05, 0.1) is 18.8 Å². The van der Waals surface area contributed by atoms with Crippen molar-refractivity contribution in [3.8, 4) is 0 Å². The van der Waals surface area contributed by atoms with Crippen molar-refractivity contribution in [2.45, 2.75) is 32.2 Å². The number of nitrogens with two attached hydrogens (primary N) is 1. The second-order valence-corrected chi connectivity index (χ2v) is 7.90. The van der Waals surface area contributed by atoms with Crippen LogP contribution in [0.25, 0.3) is 0 Å². The van der Waals surface area contributed by atoms with Crippen molar-refractivity contribution in [1.82, 2.24) is 8.61 Å². The topological polar surface area (TPSA) is 75.9 Å². The molecule has 112 valence electrons. The predicted molar refractivity (Wildman–Crippen MR) is 73.9 cm³/mol. The summed E-state index contributed by atoms with van der Waals surface area (Å²) in [7, 11) is -3.40. The molecule has 1 atom stereocenters. The van der Waals surface area contributed by atoms with Crippen LogP contribution in [0.5, 0.6) is 0 Å². The van der Waals surface area contributed by atoms with Crippen LogP contribution in [0.15, 0.2) is 0 Å². The fraction of sp³-hybridized carbons (Fsp3) is 1.00. The van der Waals surface area contributed by atoms with E-state index in [1.165, 1.54) is 0 Å². The summed E-state index contributed by atoms with van der Waals surface area (Å²) in [6, 6.07) is 0. The fourth-order valence-corrected chi connectivity index (χ4v) is 4.86. The minimum absolute atomic E-state index is 0.285. The molecule has 0 radical (unpaired) electrons. The maximum atomic E-state index is 12.8. The molecule has 2 N–H and O–H groups in total. The largest absolute Gasteiger partial charge is 0.378 e. The summed E-state index contributed by atoms with van der Waals surface area (Å²) < 4.78 is 34.1. The average Bonchev–Trinajstić information content (AvgIpc) is 2.38. The molecule has 0 amide bonds. The molecule has 0 aromatic rings. The van der Waals surface area contributed by atoms with Gasteiger partial charge in [-0.1, -0.05) is 0 Å². The second kappa shape index (κ2) is 5.65. The normalized spacial score (nSPS) is 30.4. The van der Waals surface area contributed by atoms with Gasteiger partial charge in [-0.15, -0.1) is 0 Å². The third-order valence-corrected chi connectivity index (χ3v) is 6.21. The minimum atomic E-state index is -3.40. The maximum absolute atomic E-state index is 12.8. The number of nitrogens with zero attached hydrogens (tertiary/aromatic N) is 2. The molecule has 0 spiro atoms. The highest BCUT2D eigenvalue weighted by atomic mass is 32.2. The smallest absolute Gasteiger partial charge is 0.282 e. The van der Waals surface area contributed by atoms with E-state index in [1.807, 2.05) is 13.8 Å². The lowest BCUT2D eigenvalue weighted by Crippen LogP contribution is -2.60. The van der Waals surface area contributed by atoms with Gasteiger partial charge in [0.25, 0.3) is 10.2 Å². The van der Waals surface area contributed by atoms with Gasteiger partial charge in [0.2, 0.25) is 0 Å². The van der Waals surface area contributed by atoms with E-state index < -0.39 is 15.7 Å². The minimum Gasteiger partial charge on any atom is -0.378 e. The Bertz CT molecular complexity index is 410. The van der Waals surface area contributed by atoms with Crippen LogP contribution in [-0.4, -0.2) is 62.0 Å². The Morgan fingerprint density at radius 1 is 1.37 bits per heavy atom. The monoisotopic (exact) mass is 291 g/mol. The van der Waals surface area contributed by atoms with Gasteiger partial charge >= 0.3 is 0 Å². The molecule has 0 aromatic heterocycles. The van der Waals surface area contributed by atoms with Gasteiger partial charge in [0, 0.05) is 19.6 Å². The molecule has 7 heteroatoms. The SMILES string of the molecule is CC1(C)COCCN1S(=O)(=O)N1CCCC(CN)C1. The summed E-state index contributed by atoms with van der Waals surface area (Å²) in [6.45, 7) is 6.87. The number of rotatable bonds is 3. The maximum Gasteiger partial charge on any atom is 0.282 e. The van der Waals surface area contributed by atoms with Crippen LogP contribution in [0.4, 0.5) is 0 Å². The molecular formula is C12H25N3O3S. The van der Waals surface area contributed by atoms with Crippen molar-refractivity contribution in [2.24, 2.45) is 11.7 Å². The van der Waals surface area contributed by atoms with Crippen molar-refractivity contribution in [3.63, 3.8) is 0 Å². The molecule has 0 bridgehead atoms. The highest BCUT2D eigenvalue weighted by Gasteiger charge is 2.42. The van der Waals surface area contributed by atoms with Crippen molar-refractivity contribution >= 4 is 10.2 Å². The molecule has 1 unspecified atom stereocenters. The van der Waals surface area contributed by atoms with E-state index in [0.29, 0.717) is 39.4 Å². The van der Waals surface area contributed by atoms with Crippen LogP contribution in [-0.2, 0) is 14.9 Å². The number of ether oxygens (including phenoxy) is 1. The van der Waals surface area contributed by atoms with Gasteiger partial charge in [-0.05, 0) is 39.2 Å². The number of hydrogen-bond acceptors (Lipinski definition) is 4. The van der Waals surface area contributed by atoms with Gasteiger partial charge in [-0.2, -0.15) is 17.0 Å². The lowest BCUT2D eigenvalue weighted by atomic mass is 10.0. The molecule has 6 nitrogen and oxygen atoms in total. The Labute approximate surface area is 116 Å². The molecule has 2 aliphatic rings. The van der Waals surface area contributed by atoms with Gasteiger partial charge < -0.3 is 10.5 Å². The molecule has 19 heavy (non-hydrogen) atoms. The highest BCUT2D eigenvalue weighted by molar-refractivity contribution is 7.86. The average molecular weight is 291 g/mol. The first kappa shape index (κ1) is 15.2. The number of hydrogen-bond donors (Lipinski definition) is 1. The van der Waals surface area contributed by atoms with Gasteiger partial charge in [-0.25, -0.2) is 0 Å². The first-order chi connectivity index (χ1) is 8.88. The molecule has 2 heterocycles. The Morgan fingerprint density at radius 2 is 2.11 bits per heavy atom. The van der Waals surface area contributed by atoms with Gasteiger partial charge in [-0.3, -0.25) is 0 Å². The summed E-state index contributed by atoms with van der Waals surface area (Å²) in [5.74, 6) is 0.285. The van der Waals surface area contributed by atoms with E-state index in [-0.39, 0.29) is 5.92 Å². The molecule has 2 aliphatic heterocycles. The third-order valence-electron chi connectivity index (χ3n) is 3.99. The van der Waals surface area contributed by atoms with E-state index in [9.17, 15) is 8.42 Å². The quantitative estimate of drug-likeness (QED) is 0.795. The summed E-state index contributed by atoms with van der Waals surface area (Å²) in [6.07, 6.45) is 1.92. The van der Waals surface area contributed by atoms with E-state index in [4.69, 9.17) is 10.5 Å². The van der Waals surface area contributed by atoms with Crippen LogP contribution in [0, 0.1) is 5.92 Å². The van der Waals surface area contributed by atoms with Gasteiger partial charge in [0.15, 0.2) is 0 Å². The van der Waals surface area contributed by atoms with Crippen LogP contribution < -0.4 is 5.73 Å². The molecule has 0 aliphatic carbocycles. The van der Waals surface area contributed by atoms with E-state index in [1.54, 1.807) is 8.61 Å². The van der Waals surface area contributed by atoms with Crippen molar-refractivity contribution in [1.29, 1.82) is 0 Å². The lowest BCUT2D eigenvalue weighted by Gasteiger charge is -2.44. The van der Waals surface area contributed by atoms with Crippen LogP contribution >= 0.6 is 0 Å². The van der Waals surface area contributed by atoms with E-state index >= 15 is 0 Å². The molecule has 2 saturated heterocycles. The van der Waals surface area contributed by atoms with Crippen LogP contribution in [0.2, 0.25) is 0 Å². The summed E-state index contributed by atoms with van der Waals surface area (Å²) in [5, 5.41) is 0. The third kappa shape index (κ3) is 3.11. The lowest BCUT2D eigenvalue weighted by molar-refractivity contribution is -0.0111. The van der Waals surface area contributed by atoms with Crippen molar-refractivity contribution in [3.05, 3.63) is 0 Å². The number of piperidine rings is 1. The van der Waals surface area contributed by atoms with E-state index in [0.717, 1.165) is 12.8 Å². The zero-order valence-corrected chi connectivity index (χ0v) is 12.7. The second-order valence-electron chi connectivity index (χ2n) is 6.05. The first-order valence-electron chi connectivity index (χ1n) is 6.93. The summed E-state index contributed by atoms with van der Waals surface area (Å²) >= 11 is 0. The summed E-state index contributed by atoms with van der Waals surface area (Å²) in [5.41, 5.74) is 5.21. The zero-order valence-electron chi connectivity index (χ0n) is 11.8. The Hall–Kier alpha value is -0.210. The molecule has 0 saturated carbocycles. The molecular weight excluding hydrogens is 266 g/mol.